The summed E-state index contributed by atoms with van der Waals surface area (Å²) in [5.41, 5.74) is 0.0980. The third-order valence-electron chi connectivity index (χ3n) is 3.74. The molecular formula is C16H23FN2O2. The van der Waals surface area contributed by atoms with Gasteiger partial charge in [0.15, 0.2) is 0 Å². The van der Waals surface area contributed by atoms with Crippen LogP contribution in [0, 0.1) is 5.82 Å². The topological polar surface area (TPSA) is 41.6 Å². The Morgan fingerprint density at radius 1 is 1.48 bits per heavy atom. The second-order valence-electron chi connectivity index (χ2n) is 5.98. The van der Waals surface area contributed by atoms with Gasteiger partial charge < -0.3 is 15.0 Å². The summed E-state index contributed by atoms with van der Waals surface area (Å²) in [5, 5.41) is 2.88. The molecule has 1 aliphatic rings. The summed E-state index contributed by atoms with van der Waals surface area (Å²) in [4.78, 5) is 14.0. The standard InChI is InChI=1S/C16H23FN2O2/c1-4-9-18-15(20)19-10-14(21-11-16(19,2)3)12-7-5-6-8-13(12)17/h5-8,14H,4,9-11H2,1-3H3,(H,18,20). The number of carbonyl (C=O) groups is 1. The van der Waals surface area contributed by atoms with Crippen LogP contribution < -0.4 is 5.32 Å². The van der Waals surface area contributed by atoms with E-state index in [0.29, 0.717) is 25.3 Å². The lowest BCUT2D eigenvalue weighted by Gasteiger charge is -2.45. The predicted octanol–water partition coefficient (Wildman–Crippen LogP) is 3.10. The number of urea groups is 1. The van der Waals surface area contributed by atoms with Crippen molar-refractivity contribution in [3.8, 4) is 0 Å². The van der Waals surface area contributed by atoms with Crippen molar-refractivity contribution in [1.29, 1.82) is 0 Å². The first kappa shape index (κ1) is 15.8. The molecule has 1 N–H and O–H groups in total. The fourth-order valence-corrected chi connectivity index (χ4v) is 2.46. The van der Waals surface area contributed by atoms with Gasteiger partial charge in [0.2, 0.25) is 0 Å². The molecule has 1 heterocycles. The van der Waals surface area contributed by atoms with Gasteiger partial charge in [-0.3, -0.25) is 0 Å². The Bertz CT molecular complexity index is 505. The van der Waals surface area contributed by atoms with Crippen molar-refractivity contribution in [3.63, 3.8) is 0 Å². The summed E-state index contributed by atoms with van der Waals surface area (Å²) in [5.74, 6) is -0.295. The number of nitrogens with zero attached hydrogens (tertiary/aromatic N) is 1. The number of carbonyl (C=O) groups excluding carboxylic acids is 1. The molecule has 4 nitrogen and oxygen atoms in total. The second kappa shape index (κ2) is 6.43. The molecule has 1 atom stereocenters. The van der Waals surface area contributed by atoms with E-state index in [4.69, 9.17) is 4.74 Å². The lowest BCUT2D eigenvalue weighted by atomic mass is 9.98. The molecule has 1 saturated heterocycles. The summed E-state index contributed by atoms with van der Waals surface area (Å²) in [6.45, 7) is 7.28. The molecule has 0 radical (unpaired) electrons. The summed E-state index contributed by atoms with van der Waals surface area (Å²) in [7, 11) is 0. The van der Waals surface area contributed by atoms with Gasteiger partial charge in [-0.2, -0.15) is 0 Å². The van der Waals surface area contributed by atoms with Crippen molar-refractivity contribution in [2.45, 2.75) is 38.8 Å². The lowest BCUT2D eigenvalue weighted by molar-refractivity contribution is -0.0814. The number of ether oxygens (including phenoxy) is 1. The second-order valence-corrected chi connectivity index (χ2v) is 5.98. The normalized spacial score (nSPS) is 21.1. The smallest absolute Gasteiger partial charge is 0.318 e. The van der Waals surface area contributed by atoms with Crippen LogP contribution in [0.4, 0.5) is 9.18 Å². The number of hydrogen-bond donors (Lipinski definition) is 1. The number of amides is 2. The van der Waals surface area contributed by atoms with E-state index in [1.807, 2.05) is 20.8 Å². The van der Waals surface area contributed by atoms with E-state index < -0.39 is 11.6 Å². The summed E-state index contributed by atoms with van der Waals surface area (Å²) in [6.07, 6.45) is 0.458. The molecular weight excluding hydrogens is 271 g/mol. The highest BCUT2D eigenvalue weighted by Crippen LogP contribution is 2.31. The van der Waals surface area contributed by atoms with Gasteiger partial charge in [0.25, 0.3) is 0 Å². The van der Waals surface area contributed by atoms with E-state index in [-0.39, 0.29) is 11.8 Å². The van der Waals surface area contributed by atoms with Gasteiger partial charge in [0, 0.05) is 12.1 Å². The maximum absolute atomic E-state index is 13.9. The Morgan fingerprint density at radius 2 is 2.19 bits per heavy atom. The number of benzene rings is 1. The van der Waals surface area contributed by atoms with Crippen LogP contribution in [0.3, 0.4) is 0 Å². The molecule has 1 fully saturated rings. The van der Waals surface area contributed by atoms with Crippen molar-refractivity contribution in [3.05, 3.63) is 35.6 Å². The van der Waals surface area contributed by atoms with Gasteiger partial charge in [-0.1, -0.05) is 25.1 Å². The Balaban J connectivity index is 2.16. The Hall–Kier alpha value is -1.62. The fraction of sp³-hybridized carbons (Fsp3) is 0.562. The van der Waals surface area contributed by atoms with Gasteiger partial charge in [-0.05, 0) is 26.3 Å². The zero-order valence-corrected chi connectivity index (χ0v) is 12.9. The molecule has 0 saturated carbocycles. The van der Waals surface area contributed by atoms with Gasteiger partial charge in [0.1, 0.15) is 11.9 Å². The molecule has 21 heavy (non-hydrogen) atoms. The first-order chi connectivity index (χ1) is 9.95. The predicted molar refractivity (Wildman–Crippen MR) is 79.6 cm³/mol. The number of rotatable bonds is 3. The highest BCUT2D eigenvalue weighted by Gasteiger charge is 2.39. The molecule has 1 aromatic carbocycles. The zero-order chi connectivity index (χ0) is 15.5. The minimum Gasteiger partial charge on any atom is -0.369 e. The largest absolute Gasteiger partial charge is 0.369 e. The molecule has 1 aliphatic heterocycles. The van der Waals surface area contributed by atoms with Crippen molar-refractivity contribution >= 4 is 6.03 Å². The minimum absolute atomic E-state index is 0.119. The molecule has 0 aromatic heterocycles. The van der Waals surface area contributed by atoms with E-state index in [9.17, 15) is 9.18 Å². The average Bonchev–Trinajstić information content (AvgIpc) is 2.45. The monoisotopic (exact) mass is 294 g/mol. The molecule has 0 spiro atoms. The molecule has 1 aromatic rings. The maximum Gasteiger partial charge on any atom is 0.318 e. The average molecular weight is 294 g/mol. The van der Waals surface area contributed by atoms with Gasteiger partial charge >= 0.3 is 6.03 Å². The van der Waals surface area contributed by atoms with Crippen LogP contribution in [0.5, 0.6) is 0 Å². The van der Waals surface area contributed by atoms with Crippen LogP contribution in [0.1, 0.15) is 38.9 Å². The number of hydrogen-bond acceptors (Lipinski definition) is 2. The minimum atomic E-state index is -0.424. The van der Waals surface area contributed by atoms with Crippen LogP contribution >= 0.6 is 0 Å². The van der Waals surface area contributed by atoms with E-state index >= 15 is 0 Å². The maximum atomic E-state index is 13.9. The molecule has 0 aliphatic carbocycles. The number of halogens is 1. The van der Waals surface area contributed by atoms with E-state index in [1.54, 1.807) is 23.1 Å². The Morgan fingerprint density at radius 3 is 2.86 bits per heavy atom. The van der Waals surface area contributed by atoms with E-state index in [2.05, 4.69) is 5.32 Å². The van der Waals surface area contributed by atoms with Crippen molar-refractivity contribution in [2.75, 3.05) is 19.7 Å². The number of nitrogens with one attached hydrogen (secondary N) is 1. The molecule has 116 valence electrons. The summed E-state index contributed by atoms with van der Waals surface area (Å²) >= 11 is 0. The van der Waals surface area contributed by atoms with Gasteiger partial charge in [-0.25, -0.2) is 9.18 Å². The van der Waals surface area contributed by atoms with Crippen LogP contribution in [0.15, 0.2) is 24.3 Å². The summed E-state index contributed by atoms with van der Waals surface area (Å²) in [6, 6.07) is 6.44. The zero-order valence-electron chi connectivity index (χ0n) is 12.9. The fourth-order valence-electron chi connectivity index (χ4n) is 2.46. The highest BCUT2D eigenvalue weighted by molar-refractivity contribution is 5.75. The third kappa shape index (κ3) is 3.53. The van der Waals surface area contributed by atoms with Crippen molar-refractivity contribution in [2.24, 2.45) is 0 Å². The van der Waals surface area contributed by atoms with Crippen LogP contribution in [-0.4, -0.2) is 36.2 Å². The van der Waals surface area contributed by atoms with E-state index in [1.165, 1.54) is 6.07 Å². The SMILES string of the molecule is CCCNC(=O)N1CC(c2ccccc2F)OCC1(C)C. The molecule has 2 rings (SSSR count). The van der Waals surface area contributed by atoms with Gasteiger partial charge in [-0.15, -0.1) is 0 Å². The van der Waals surface area contributed by atoms with Gasteiger partial charge in [0.05, 0.1) is 18.7 Å². The molecule has 1 unspecified atom stereocenters. The molecule has 2 amide bonds. The first-order valence-corrected chi connectivity index (χ1v) is 7.37. The first-order valence-electron chi connectivity index (χ1n) is 7.37. The Labute approximate surface area is 125 Å². The van der Waals surface area contributed by atoms with E-state index in [0.717, 1.165) is 6.42 Å². The van der Waals surface area contributed by atoms with Crippen LogP contribution in [0.2, 0.25) is 0 Å². The Kier molecular flexibility index (Phi) is 4.83. The lowest BCUT2D eigenvalue weighted by Crippen LogP contribution is -2.59. The quantitative estimate of drug-likeness (QED) is 0.930. The van der Waals surface area contributed by atoms with Crippen LogP contribution in [-0.2, 0) is 4.74 Å². The van der Waals surface area contributed by atoms with Crippen LogP contribution in [0.25, 0.3) is 0 Å². The highest BCUT2D eigenvalue weighted by atomic mass is 19.1. The van der Waals surface area contributed by atoms with Crippen molar-refractivity contribution < 1.29 is 13.9 Å². The molecule has 5 heteroatoms. The van der Waals surface area contributed by atoms with Crippen molar-refractivity contribution in [1.82, 2.24) is 10.2 Å². The molecule has 0 bridgehead atoms. The number of morpholine rings is 1. The third-order valence-corrected chi connectivity index (χ3v) is 3.74. The summed E-state index contributed by atoms with van der Waals surface area (Å²) < 4.78 is 19.7.